The van der Waals surface area contributed by atoms with Gasteiger partial charge in [0.05, 0.1) is 18.6 Å². The predicted molar refractivity (Wildman–Crippen MR) is 126 cm³/mol. The molecule has 0 fully saturated rings. The molecule has 0 aliphatic rings. The van der Waals surface area contributed by atoms with Crippen molar-refractivity contribution in [3.63, 3.8) is 0 Å². The van der Waals surface area contributed by atoms with E-state index in [9.17, 15) is 14.4 Å². The summed E-state index contributed by atoms with van der Waals surface area (Å²) in [5, 5.41) is 1.78. The van der Waals surface area contributed by atoms with Crippen molar-refractivity contribution in [2.24, 2.45) is 0 Å². The molecular weight excluding hydrogens is 408 g/mol. The van der Waals surface area contributed by atoms with Crippen molar-refractivity contribution in [2.75, 3.05) is 0 Å². The van der Waals surface area contributed by atoms with Crippen molar-refractivity contribution >= 4 is 27.3 Å². The maximum atomic E-state index is 13.3. The van der Waals surface area contributed by atoms with Gasteiger partial charge in [-0.25, -0.2) is 4.79 Å². The van der Waals surface area contributed by atoms with E-state index in [0.29, 0.717) is 15.8 Å². The van der Waals surface area contributed by atoms with E-state index in [1.165, 1.54) is 20.5 Å². The molecule has 2 aromatic carbocycles. The molecule has 31 heavy (non-hydrogen) atoms. The van der Waals surface area contributed by atoms with Crippen LogP contribution in [0.4, 0.5) is 0 Å². The number of aryl methyl sites for hydroxylation is 4. The molecule has 0 aliphatic heterocycles. The first kappa shape index (κ1) is 21.0. The highest BCUT2D eigenvalue weighted by Gasteiger charge is 2.19. The largest absolute Gasteiger partial charge is 0.332 e. The molecule has 4 aromatic rings. The van der Waals surface area contributed by atoms with Crippen molar-refractivity contribution in [3.05, 3.63) is 102 Å². The third kappa shape index (κ3) is 3.91. The van der Waals surface area contributed by atoms with Crippen LogP contribution in [0.15, 0.2) is 57.4 Å². The molecule has 6 heteroatoms. The number of carbonyl (C=O) groups is 1. The molecule has 2 heterocycles. The zero-order chi connectivity index (χ0) is 22.3. The zero-order valence-electron chi connectivity index (χ0n) is 18.1. The third-order valence-corrected chi connectivity index (χ3v) is 6.45. The first-order valence-corrected chi connectivity index (χ1v) is 11.0. The number of carbonyl (C=O) groups excluding carboxylic acids is 1. The first-order chi connectivity index (χ1) is 14.8. The Morgan fingerprint density at radius 3 is 2.16 bits per heavy atom. The number of fused-ring (bicyclic) bond motifs is 1. The van der Waals surface area contributed by atoms with Gasteiger partial charge in [-0.2, -0.15) is 0 Å². The maximum Gasteiger partial charge on any atom is 0.332 e. The lowest BCUT2D eigenvalue weighted by Crippen LogP contribution is -2.41. The summed E-state index contributed by atoms with van der Waals surface area (Å²) in [6.45, 7) is 7.87. The Hall–Kier alpha value is -3.25. The number of nitrogens with zero attached hydrogens (tertiary/aromatic N) is 2. The highest BCUT2D eigenvalue weighted by molar-refractivity contribution is 7.17. The fourth-order valence-electron chi connectivity index (χ4n) is 4.14. The summed E-state index contributed by atoms with van der Waals surface area (Å²) in [5.41, 5.74) is 5.22. The number of rotatable bonds is 5. The Labute approximate surface area is 184 Å². The highest BCUT2D eigenvalue weighted by atomic mass is 32.1. The lowest BCUT2D eigenvalue weighted by Gasteiger charge is -2.14. The van der Waals surface area contributed by atoms with Gasteiger partial charge in [0.15, 0.2) is 5.78 Å². The highest BCUT2D eigenvalue weighted by Crippen LogP contribution is 2.20. The average molecular weight is 433 g/mol. The standard InChI is InChI=1S/C25H24N2O3S/c1-15-5-7-19(8-6-15)13-27-24(29)23-20(9-10-31-23)26(25(27)30)14-21(28)22-17(3)11-16(2)12-18(22)4/h5-12H,13-14H2,1-4H3. The van der Waals surface area contributed by atoms with Gasteiger partial charge in [0.25, 0.3) is 5.56 Å². The molecular formula is C25H24N2O3S. The van der Waals surface area contributed by atoms with E-state index >= 15 is 0 Å². The summed E-state index contributed by atoms with van der Waals surface area (Å²) in [5.74, 6) is -0.134. The molecule has 4 rings (SSSR count). The van der Waals surface area contributed by atoms with Gasteiger partial charge in [-0.05, 0) is 55.8 Å². The minimum absolute atomic E-state index is 0.106. The summed E-state index contributed by atoms with van der Waals surface area (Å²) in [4.78, 5) is 39.6. The van der Waals surface area contributed by atoms with Gasteiger partial charge in [-0.3, -0.25) is 18.7 Å². The molecule has 0 spiro atoms. The molecule has 0 radical (unpaired) electrons. The van der Waals surface area contributed by atoms with Gasteiger partial charge >= 0.3 is 5.69 Å². The lowest BCUT2D eigenvalue weighted by atomic mass is 9.96. The van der Waals surface area contributed by atoms with Crippen LogP contribution in [0, 0.1) is 27.7 Å². The average Bonchev–Trinajstić information content (AvgIpc) is 3.19. The van der Waals surface area contributed by atoms with Crippen molar-refractivity contribution in [3.8, 4) is 0 Å². The first-order valence-electron chi connectivity index (χ1n) is 10.1. The Morgan fingerprint density at radius 2 is 1.52 bits per heavy atom. The van der Waals surface area contributed by atoms with Crippen LogP contribution in [-0.4, -0.2) is 14.9 Å². The van der Waals surface area contributed by atoms with Gasteiger partial charge in [0.2, 0.25) is 0 Å². The molecule has 0 aliphatic carbocycles. The van der Waals surface area contributed by atoms with Crippen molar-refractivity contribution in [1.82, 2.24) is 9.13 Å². The predicted octanol–water partition coefficient (Wildman–Crippen LogP) is 4.39. The maximum absolute atomic E-state index is 13.3. The van der Waals surface area contributed by atoms with Crippen LogP contribution in [0.3, 0.4) is 0 Å². The van der Waals surface area contributed by atoms with Crippen LogP contribution in [0.1, 0.15) is 38.2 Å². The van der Waals surface area contributed by atoms with Gasteiger partial charge in [0.1, 0.15) is 4.70 Å². The second-order valence-corrected chi connectivity index (χ2v) is 8.99. The van der Waals surface area contributed by atoms with E-state index in [0.717, 1.165) is 27.8 Å². The van der Waals surface area contributed by atoms with E-state index in [1.54, 1.807) is 11.4 Å². The fraction of sp³-hybridized carbons (Fsp3) is 0.240. The number of benzene rings is 2. The van der Waals surface area contributed by atoms with Gasteiger partial charge in [-0.15, -0.1) is 11.3 Å². The summed E-state index contributed by atoms with van der Waals surface area (Å²) in [6, 6.07) is 13.4. The van der Waals surface area contributed by atoms with E-state index in [1.807, 2.05) is 64.1 Å². The monoisotopic (exact) mass is 432 g/mol. The number of hydrogen-bond acceptors (Lipinski definition) is 4. The topological polar surface area (TPSA) is 61.1 Å². The zero-order valence-corrected chi connectivity index (χ0v) is 18.9. The number of aromatic nitrogens is 2. The SMILES string of the molecule is Cc1ccc(Cn2c(=O)c3sccc3n(CC(=O)c3c(C)cc(C)cc3C)c2=O)cc1. The number of hydrogen-bond donors (Lipinski definition) is 0. The number of thiophene rings is 1. The van der Waals surface area contributed by atoms with Crippen molar-refractivity contribution in [1.29, 1.82) is 0 Å². The van der Waals surface area contributed by atoms with E-state index in [4.69, 9.17) is 0 Å². The molecule has 0 unspecified atom stereocenters. The summed E-state index contributed by atoms with van der Waals surface area (Å²) >= 11 is 1.29. The minimum atomic E-state index is -0.466. The molecule has 0 atom stereocenters. The van der Waals surface area contributed by atoms with Crippen LogP contribution in [0.2, 0.25) is 0 Å². The summed E-state index contributed by atoms with van der Waals surface area (Å²) < 4.78 is 3.14. The Kier molecular flexibility index (Phi) is 5.50. The van der Waals surface area contributed by atoms with Crippen LogP contribution in [-0.2, 0) is 13.1 Å². The Bertz CT molecular complexity index is 1400. The second-order valence-electron chi connectivity index (χ2n) is 8.08. The third-order valence-electron chi connectivity index (χ3n) is 5.56. The van der Waals surface area contributed by atoms with Crippen molar-refractivity contribution in [2.45, 2.75) is 40.8 Å². The molecule has 2 aromatic heterocycles. The molecule has 0 amide bonds. The molecule has 0 bridgehead atoms. The number of ketones is 1. The minimum Gasteiger partial charge on any atom is -0.292 e. The normalized spacial score (nSPS) is 11.2. The lowest BCUT2D eigenvalue weighted by molar-refractivity contribution is 0.0970. The smallest absolute Gasteiger partial charge is 0.292 e. The molecule has 0 saturated heterocycles. The molecule has 0 N–H and O–H groups in total. The van der Waals surface area contributed by atoms with E-state index in [2.05, 4.69) is 0 Å². The van der Waals surface area contributed by atoms with Crippen molar-refractivity contribution < 1.29 is 4.79 Å². The molecule has 5 nitrogen and oxygen atoms in total. The van der Waals surface area contributed by atoms with Crippen LogP contribution < -0.4 is 11.2 Å². The Balaban J connectivity index is 1.82. The van der Waals surface area contributed by atoms with Crippen LogP contribution in [0.25, 0.3) is 10.2 Å². The summed E-state index contributed by atoms with van der Waals surface area (Å²) in [7, 11) is 0. The van der Waals surface area contributed by atoms with Gasteiger partial charge in [0, 0.05) is 5.56 Å². The van der Waals surface area contributed by atoms with E-state index < -0.39 is 5.69 Å². The van der Waals surface area contributed by atoms with E-state index in [-0.39, 0.29) is 24.4 Å². The summed E-state index contributed by atoms with van der Waals surface area (Å²) in [6.07, 6.45) is 0. The van der Waals surface area contributed by atoms with Gasteiger partial charge < -0.3 is 0 Å². The van der Waals surface area contributed by atoms with Crippen LogP contribution >= 0.6 is 11.3 Å². The fourth-order valence-corrected chi connectivity index (χ4v) is 4.99. The van der Waals surface area contributed by atoms with Gasteiger partial charge in [-0.1, -0.05) is 47.5 Å². The Morgan fingerprint density at radius 1 is 0.871 bits per heavy atom. The molecule has 158 valence electrons. The molecule has 0 saturated carbocycles. The quantitative estimate of drug-likeness (QED) is 0.440. The second kappa shape index (κ2) is 8.12. The van der Waals surface area contributed by atoms with Crippen LogP contribution in [0.5, 0.6) is 0 Å². The number of Topliss-reactive ketones (excluding diaryl/α,β-unsaturated/α-hetero) is 1.